The van der Waals surface area contributed by atoms with Crippen molar-refractivity contribution in [1.82, 2.24) is 5.32 Å². The Morgan fingerprint density at radius 1 is 1.15 bits per heavy atom. The van der Waals surface area contributed by atoms with E-state index in [1.54, 1.807) is 0 Å². The maximum absolute atomic E-state index is 12.6. The Labute approximate surface area is 160 Å². The van der Waals surface area contributed by atoms with Crippen molar-refractivity contribution in [1.29, 1.82) is 0 Å². The van der Waals surface area contributed by atoms with Crippen molar-refractivity contribution >= 4 is 17.6 Å². The lowest BCUT2D eigenvalue weighted by Gasteiger charge is -2.24. The SMILES string of the molecule is CCOC(=O)C1(NCC(c2ccccc2)c2ccccc2)CC1CCCl. The lowest BCUT2D eigenvalue weighted by atomic mass is 9.91. The highest BCUT2D eigenvalue weighted by Crippen LogP contribution is 2.47. The Morgan fingerprint density at radius 3 is 2.23 bits per heavy atom. The number of hydrogen-bond donors (Lipinski definition) is 1. The second kappa shape index (κ2) is 8.70. The zero-order valence-electron chi connectivity index (χ0n) is 15.2. The Balaban J connectivity index is 1.79. The van der Waals surface area contributed by atoms with Crippen LogP contribution in [0.2, 0.25) is 0 Å². The molecule has 1 fully saturated rings. The summed E-state index contributed by atoms with van der Waals surface area (Å²) in [5.74, 6) is 0.857. The first kappa shape index (κ1) is 18.9. The molecule has 0 amide bonds. The standard InChI is InChI=1S/C22H26ClNO2/c1-2-26-21(25)22(15-19(22)13-14-23)24-16-20(17-9-5-3-6-10-17)18-11-7-4-8-12-18/h3-12,19-20,24H,2,13-16H2,1H3. The quantitative estimate of drug-likeness (QED) is 0.525. The zero-order chi connectivity index (χ0) is 18.4. The molecule has 1 saturated carbocycles. The molecule has 2 atom stereocenters. The number of rotatable bonds is 9. The average molecular weight is 372 g/mol. The van der Waals surface area contributed by atoms with Gasteiger partial charge in [0.1, 0.15) is 5.54 Å². The molecule has 4 heteroatoms. The van der Waals surface area contributed by atoms with Crippen molar-refractivity contribution in [2.75, 3.05) is 19.0 Å². The number of alkyl halides is 1. The molecule has 0 radical (unpaired) electrons. The van der Waals surface area contributed by atoms with Gasteiger partial charge in [0, 0.05) is 18.3 Å². The maximum Gasteiger partial charge on any atom is 0.326 e. The van der Waals surface area contributed by atoms with Crippen LogP contribution < -0.4 is 5.32 Å². The van der Waals surface area contributed by atoms with E-state index in [0.29, 0.717) is 19.0 Å². The fraction of sp³-hybridized carbons (Fsp3) is 0.409. The Kier molecular flexibility index (Phi) is 6.33. The van der Waals surface area contributed by atoms with E-state index in [-0.39, 0.29) is 17.8 Å². The van der Waals surface area contributed by atoms with E-state index in [2.05, 4.69) is 53.8 Å². The molecule has 1 aliphatic carbocycles. The summed E-state index contributed by atoms with van der Waals surface area (Å²) in [6.45, 7) is 2.93. The summed E-state index contributed by atoms with van der Waals surface area (Å²) in [5.41, 5.74) is 1.90. The van der Waals surface area contributed by atoms with E-state index in [0.717, 1.165) is 12.8 Å². The topological polar surface area (TPSA) is 38.3 Å². The van der Waals surface area contributed by atoms with Crippen LogP contribution in [0.1, 0.15) is 36.8 Å². The molecule has 0 aromatic heterocycles. The molecule has 138 valence electrons. The first-order valence-corrected chi connectivity index (χ1v) is 9.83. The molecule has 1 N–H and O–H groups in total. The summed E-state index contributed by atoms with van der Waals surface area (Å²) in [7, 11) is 0. The van der Waals surface area contributed by atoms with Gasteiger partial charge in [0.15, 0.2) is 0 Å². The first-order chi connectivity index (χ1) is 12.7. The molecule has 0 aliphatic heterocycles. The highest BCUT2D eigenvalue weighted by atomic mass is 35.5. The lowest BCUT2D eigenvalue weighted by molar-refractivity contribution is -0.147. The summed E-state index contributed by atoms with van der Waals surface area (Å²) in [4.78, 5) is 12.6. The van der Waals surface area contributed by atoms with Crippen molar-refractivity contribution in [3.63, 3.8) is 0 Å². The molecule has 3 nitrogen and oxygen atoms in total. The van der Waals surface area contributed by atoms with E-state index in [9.17, 15) is 4.79 Å². The van der Waals surface area contributed by atoms with Crippen LogP contribution in [0.15, 0.2) is 60.7 Å². The average Bonchev–Trinajstić information content (AvgIpc) is 3.38. The van der Waals surface area contributed by atoms with Gasteiger partial charge < -0.3 is 10.1 Å². The predicted molar refractivity (Wildman–Crippen MR) is 106 cm³/mol. The summed E-state index contributed by atoms with van der Waals surface area (Å²) in [6, 6.07) is 20.8. The first-order valence-electron chi connectivity index (χ1n) is 9.29. The maximum atomic E-state index is 12.6. The van der Waals surface area contributed by atoms with Gasteiger partial charge in [0.25, 0.3) is 0 Å². The van der Waals surface area contributed by atoms with Gasteiger partial charge in [-0.25, -0.2) is 0 Å². The molecule has 0 bridgehead atoms. The van der Waals surface area contributed by atoms with Crippen LogP contribution >= 0.6 is 11.6 Å². The summed E-state index contributed by atoms with van der Waals surface area (Å²) in [5, 5.41) is 3.55. The molecule has 1 aliphatic rings. The normalized spacial score (nSPS) is 21.6. The number of hydrogen-bond acceptors (Lipinski definition) is 3. The molecule has 2 unspecified atom stereocenters. The predicted octanol–water partition coefficient (Wildman–Crippen LogP) is 4.36. The summed E-state index contributed by atoms with van der Waals surface area (Å²) < 4.78 is 5.34. The van der Waals surface area contributed by atoms with Gasteiger partial charge in [-0.1, -0.05) is 60.7 Å². The number of carbonyl (C=O) groups excluding carboxylic acids is 1. The Hall–Kier alpha value is -1.84. The number of nitrogens with one attached hydrogen (secondary N) is 1. The highest BCUT2D eigenvalue weighted by Gasteiger charge is 2.60. The lowest BCUT2D eigenvalue weighted by Crippen LogP contribution is -2.44. The van der Waals surface area contributed by atoms with E-state index in [1.807, 2.05) is 19.1 Å². The molecule has 3 rings (SSSR count). The molecule has 0 spiro atoms. The number of halogens is 1. The van der Waals surface area contributed by atoms with Gasteiger partial charge in [-0.05, 0) is 36.8 Å². The van der Waals surface area contributed by atoms with Crippen LogP contribution in [0.4, 0.5) is 0 Å². The minimum absolute atomic E-state index is 0.144. The second-order valence-corrected chi connectivity index (χ2v) is 7.20. The van der Waals surface area contributed by atoms with E-state index >= 15 is 0 Å². The van der Waals surface area contributed by atoms with Crippen LogP contribution in [0.3, 0.4) is 0 Å². The molecule has 0 saturated heterocycles. The van der Waals surface area contributed by atoms with Gasteiger partial charge in [0.05, 0.1) is 6.61 Å². The fourth-order valence-electron chi connectivity index (χ4n) is 3.69. The van der Waals surface area contributed by atoms with E-state index < -0.39 is 5.54 Å². The van der Waals surface area contributed by atoms with E-state index in [4.69, 9.17) is 16.3 Å². The van der Waals surface area contributed by atoms with Crippen LogP contribution in [-0.2, 0) is 9.53 Å². The Bertz CT molecular complexity index is 667. The van der Waals surface area contributed by atoms with Gasteiger partial charge in [-0.2, -0.15) is 0 Å². The summed E-state index contributed by atoms with van der Waals surface area (Å²) >= 11 is 5.92. The third-order valence-corrected chi connectivity index (χ3v) is 5.45. The third-order valence-electron chi connectivity index (χ3n) is 5.23. The largest absolute Gasteiger partial charge is 0.465 e. The van der Waals surface area contributed by atoms with Gasteiger partial charge in [-0.15, -0.1) is 11.6 Å². The van der Waals surface area contributed by atoms with Crippen molar-refractivity contribution in [2.24, 2.45) is 5.92 Å². The summed E-state index contributed by atoms with van der Waals surface area (Å²) in [6.07, 6.45) is 1.63. The van der Waals surface area contributed by atoms with Crippen LogP contribution in [-0.4, -0.2) is 30.5 Å². The molecule has 2 aromatic carbocycles. The van der Waals surface area contributed by atoms with Crippen LogP contribution in [0.5, 0.6) is 0 Å². The number of benzene rings is 2. The second-order valence-electron chi connectivity index (χ2n) is 6.83. The van der Waals surface area contributed by atoms with Crippen molar-refractivity contribution < 1.29 is 9.53 Å². The molecular weight excluding hydrogens is 346 g/mol. The minimum Gasteiger partial charge on any atom is -0.465 e. The molecule has 2 aromatic rings. The molecular formula is C22H26ClNO2. The van der Waals surface area contributed by atoms with Crippen molar-refractivity contribution in [3.8, 4) is 0 Å². The minimum atomic E-state index is -0.577. The van der Waals surface area contributed by atoms with Gasteiger partial charge >= 0.3 is 5.97 Å². The third kappa shape index (κ3) is 4.11. The van der Waals surface area contributed by atoms with Crippen LogP contribution in [0.25, 0.3) is 0 Å². The van der Waals surface area contributed by atoms with Gasteiger partial charge in [-0.3, -0.25) is 4.79 Å². The Morgan fingerprint density at radius 2 is 1.73 bits per heavy atom. The molecule has 0 heterocycles. The van der Waals surface area contributed by atoms with Gasteiger partial charge in [0.2, 0.25) is 0 Å². The monoisotopic (exact) mass is 371 g/mol. The fourth-order valence-corrected chi connectivity index (χ4v) is 3.95. The number of esters is 1. The van der Waals surface area contributed by atoms with Crippen LogP contribution in [0, 0.1) is 5.92 Å². The molecule has 26 heavy (non-hydrogen) atoms. The van der Waals surface area contributed by atoms with Crippen molar-refractivity contribution in [2.45, 2.75) is 31.2 Å². The van der Waals surface area contributed by atoms with E-state index in [1.165, 1.54) is 11.1 Å². The number of ether oxygens (including phenoxy) is 1. The highest BCUT2D eigenvalue weighted by molar-refractivity contribution is 6.17. The smallest absolute Gasteiger partial charge is 0.326 e. The zero-order valence-corrected chi connectivity index (χ0v) is 15.9. The van der Waals surface area contributed by atoms with Crippen molar-refractivity contribution in [3.05, 3.63) is 71.8 Å². The number of carbonyl (C=O) groups is 1.